The molecule has 0 spiro atoms. The number of fused-ring (bicyclic) bond motifs is 1. The van der Waals surface area contributed by atoms with Gasteiger partial charge in [0, 0.05) is 103 Å². The molecule has 1 aliphatic heterocycles. The van der Waals surface area contributed by atoms with E-state index < -0.39 is 30.4 Å². The number of anilines is 1. The van der Waals surface area contributed by atoms with Gasteiger partial charge in [-0.15, -0.1) is 21.7 Å². The number of Topliss-reactive ketones (excluding diaryl/α,β-unsaturated/α-hetero) is 1. The summed E-state index contributed by atoms with van der Waals surface area (Å²) in [6.45, 7) is 0.336. The fraction of sp³-hybridized carbons (Fsp3) is 0.156. The van der Waals surface area contributed by atoms with E-state index in [1.54, 1.807) is 102 Å². The van der Waals surface area contributed by atoms with Crippen LogP contribution in [0.1, 0.15) is 85.2 Å². The second-order valence-corrected chi connectivity index (χ2v) is 24.7. The summed E-state index contributed by atoms with van der Waals surface area (Å²) in [5, 5.41) is 68.8. The molecule has 510 valence electrons. The van der Waals surface area contributed by atoms with Gasteiger partial charge in [0.2, 0.25) is 0 Å². The summed E-state index contributed by atoms with van der Waals surface area (Å²) in [5.41, 5.74) is 11.6. The molecule has 0 aliphatic carbocycles. The quantitative estimate of drug-likeness (QED) is 0.0150. The number of aliphatic hydroxyl groups excluding tert-OH is 4. The molecule has 0 saturated carbocycles. The third-order valence-corrected chi connectivity index (χ3v) is 16.2. The van der Waals surface area contributed by atoms with Gasteiger partial charge in [-0.3, -0.25) is 14.4 Å². The molecule has 0 saturated heterocycles. The molecular weight excluding hydrogens is 1610 g/mol. The minimum absolute atomic E-state index is 0. The molecule has 11 rings (SSSR count). The molecule has 4 atom stereocenters. The van der Waals surface area contributed by atoms with E-state index in [-0.39, 0.29) is 87.7 Å². The average molecular weight is 1660 g/mol. The molecule has 5 aromatic heterocycles. The number of hydrogen-bond acceptors (Lipinski definition) is 18. The van der Waals surface area contributed by atoms with Crippen LogP contribution in [0.2, 0.25) is 60.5 Å². The number of terminal acetylenes is 2. The van der Waals surface area contributed by atoms with Crippen LogP contribution in [0.25, 0.3) is 0 Å². The number of pyridine rings is 2. The largest absolute Gasteiger partial charge is 2.00 e. The van der Waals surface area contributed by atoms with Gasteiger partial charge in [-0.05, 0) is 78.9 Å². The number of aliphatic hydroxyl groups is 4. The number of methoxy groups -OCH3 is 1. The van der Waals surface area contributed by atoms with Crippen LogP contribution in [-0.4, -0.2) is 129 Å². The van der Waals surface area contributed by atoms with Crippen LogP contribution in [0, 0.1) is 25.2 Å². The van der Waals surface area contributed by atoms with Crippen molar-refractivity contribution >= 4 is 198 Å². The zero-order valence-corrected chi connectivity index (χ0v) is 62.8. The van der Waals surface area contributed by atoms with Gasteiger partial charge >= 0.3 is 29.0 Å². The Morgan fingerprint density at radius 2 is 0.990 bits per heavy atom. The fourth-order valence-corrected chi connectivity index (χ4v) is 11.1. The number of aldehydes is 1. The molecular formula is C64H48BrCl12MgN13O8. The molecule has 6 N–H and O–H groups in total. The molecule has 0 fully saturated rings. The third kappa shape index (κ3) is 25.7. The third-order valence-electron chi connectivity index (χ3n) is 12.9. The number of benzene rings is 5. The Hall–Kier alpha value is -6.21. The van der Waals surface area contributed by atoms with Crippen molar-refractivity contribution in [3.05, 3.63) is 257 Å². The van der Waals surface area contributed by atoms with E-state index in [1.165, 1.54) is 47.1 Å². The Kier molecular flexibility index (Phi) is 35.8. The molecule has 21 nitrogen and oxygen atoms in total. The van der Waals surface area contributed by atoms with Crippen molar-refractivity contribution in [2.45, 2.75) is 56.9 Å². The number of ketones is 1. The number of carbonyl (C=O) groups excluding carboxylic acids is 3. The fourth-order valence-electron chi connectivity index (χ4n) is 8.26. The normalized spacial score (nSPS) is 12.0. The summed E-state index contributed by atoms with van der Waals surface area (Å²) in [6.07, 6.45) is 16.0. The smallest absolute Gasteiger partial charge is 1.00 e. The molecule has 0 amide bonds. The number of aromatic nitrogens is 11. The van der Waals surface area contributed by atoms with E-state index in [1.807, 2.05) is 6.07 Å². The maximum Gasteiger partial charge on any atom is 2.00 e. The first-order valence-corrected chi connectivity index (χ1v) is 31.8. The first-order valence-electron chi connectivity index (χ1n) is 27.3. The van der Waals surface area contributed by atoms with Crippen LogP contribution in [0.4, 0.5) is 11.6 Å². The first kappa shape index (κ1) is 85.2. The van der Waals surface area contributed by atoms with Crippen molar-refractivity contribution in [1.29, 1.82) is 0 Å². The van der Waals surface area contributed by atoms with Crippen LogP contribution in [-0.2, 0) is 46.8 Å². The van der Waals surface area contributed by atoms with Gasteiger partial charge in [0.05, 0.1) is 37.3 Å². The average Bonchev–Trinajstić information content (AvgIpc) is 1.76. The minimum Gasteiger partial charge on any atom is -1.00 e. The molecule has 6 heterocycles. The van der Waals surface area contributed by atoms with Crippen LogP contribution in [0.5, 0.6) is 0 Å². The van der Waals surface area contributed by atoms with Crippen molar-refractivity contribution in [2.24, 2.45) is 4.99 Å². The van der Waals surface area contributed by atoms with Crippen LogP contribution < -0.4 is 22.7 Å². The molecule has 5 aromatic carbocycles. The second-order valence-electron chi connectivity index (χ2n) is 19.7. The molecule has 99 heavy (non-hydrogen) atoms. The summed E-state index contributed by atoms with van der Waals surface area (Å²) in [7, 11) is 1.28. The maximum atomic E-state index is 12.3. The zero-order valence-electron chi connectivity index (χ0n) is 50.8. The summed E-state index contributed by atoms with van der Waals surface area (Å²) in [5.74, 6) is 2.41. The Morgan fingerprint density at radius 3 is 1.41 bits per heavy atom. The number of nitrogens with zero attached hydrogens (tertiary/aromatic N) is 12. The Bertz CT molecular complexity index is 4520. The SMILES string of the molecule is C#CC(O)c1ccc(Cl)cc1Cl.COC(=O)Cn1cc(C(O)c2ccc(Cl)cc2Cl)nn1.Nc1nc(Cl)ccc1CC(=O)Cn1cc(C(O)c2ccc(Cl)cc2Cl)nn1.O=Cc1ccc(Cl)cc1Cl.OC(c1cn(CC2=Nc3nc(Cl)ccc3C2)nn1)c1ccc(Cl)cc1Cl.[Br-].[C-]#C.[Mg+2]. The topological polar surface area (TPSA) is 298 Å². The van der Waals surface area contributed by atoms with E-state index in [4.69, 9.17) is 158 Å². The van der Waals surface area contributed by atoms with Crippen molar-refractivity contribution in [1.82, 2.24) is 54.9 Å². The van der Waals surface area contributed by atoms with Crippen molar-refractivity contribution in [3.8, 4) is 18.8 Å². The monoisotopic (exact) mass is 1650 g/mol. The van der Waals surface area contributed by atoms with Crippen molar-refractivity contribution < 1.29 is 56.5 Å². The van der Waals surface area contributed by atoms with E-state index >= 15 is 0 Å². The van der Waals surface area contributed by atoms with Gasteiger partial charge in [-0.25, -0.2) is 29.0 Å². The molecule has 1 aliphatic rings. The van der Waals surface area contributed by atoms with E-state index in [9.17, 15) is 34.8 Å². The summed E-state index contributed by atoms with van der Waals surface area (Å²) in [6, 6.07) is 30.8. The van der Waals surface area contributed by atoms with Gasteiger partial charge in [-0.2, -0.15) is 0 Å². The summed E-state index contributed by atoms with van der Waals surface area (Å²) < 4.78 is 8.74. The Balaban J connectivity index is 0.000000271. The number of nitrogens with two attached hydrogens (primary N) is 1. The molecule has 0 bridgehead atoms. The maximum absolute atomic E-state index is 12.3. The van der Waals surface area contributed by atoms with Crippen LogP contribution in [0.15, 0.2) is 139 Å². The zero-order chi connectivity index (χ0) is 71.2. The van der Waals surface area contributed by atoms with Gasteiger partial charge in [0.15, 0.2) is 17.9 Å². The van der Waals surface area contributed by atoms with Gasteiger partial charge < -0.3 is 60.7 Å². The van der Waals surface area contributed by atoms with Crippen LogP contribution in [0.3, 0.4) is 0 Å². The van der Waals surface area contributed by atoms with Crippen molar-refractivity contribution in [3.63, 3.8) is 0 Å². The number of halogens is 13. The summed E-state index contributed by atoms with van der Waals surface area (Å²) in [4.78, 5) is 46.2. The predicted octanol–water partition coefficient (Wildman–Crippen LogP) is 11.3. The second kappa shape index (κ2) is 41.6. The minimum atomic E-state index is -1.09. The predicted molar refractivity (Wildman–Crippen MR) is 382 cm³/mol. The van der Waals surface area contributed by atoms with E-state index in [0.717, 1.165) is 11.3 Å². The number of esters is 1. The van der Waals surface area contributed by atoms with E-state index in [0.29, 0.717) is 120 Å². The number of nitrogen functional groups attached to an aromatic ring is 1. The molecule has 0 radical (unpaired) electrons. The number of ether oxygens (including phenoxy) is 1. The molecule has 10 aromatic rings. The standard InChI is InChI=1S/C17H14Cl3N5O2.C17H12Cl3N5O.C12H11Cl2N3O3.C9H6Cl2O.C7H4Cl2O.C2H.BrH.Mg/c18-10-2-3-12(13(19)6-10)16(27)14-8-25(24-23-14)7-11(26)5-9-1-4-15(20)22-17(9)21;18-10-2-3-12(13(19)6-10)16(26)14-8-25(24-23-14)7-11-5-9-1-4-15(20)22-17(9)21-11;1-20-11(18)6-17-5-10(15-16-17)12(19)8-3-2-7(13)4-9(8)14;1-2-9(12)7-4-3-6(10)5-8(7)11;8-6-2-1-5(4-10)7(9)3-6;1-2;;/h1-4,6,8,16,27H,5,7H2,(H2,21,22);1-4,6,8,16,26H,5,7H2;2-5,12,19H,6H2,1H3;1,3-5,9,12H;1-4H;1H;1H;/q;;;;;-1;;+2/p-1. The number of aliphatic imine (C=N–C) groups is 1. The van der Waals surface area contributed by atoms with Crippen LogP contribution >= 0.6 is 139 Å². The Morgan fingerprint density at radius 1 is 0.586 bits per heavy atom. The number of rotatable bonds is 16. The first-order chi connectivity index (χ1) is 46.2. The summed E-state index contributed by atoms with van der Waals surface area (Å²) >= 11 is 70.0. The number of hydrogen-bond donors (Lipinski definition) is 5. The van der Waals surface area contributed by atoms with E-state index in [2.05, 4.69) is 63.0 Å². The van der Waals surface area contributed by atoms with Gasteiger partial charge in [-0.1, -0.05) is 197 Å². The van der Waals surface area contributed by atoms with Gasteiger partial charge in [0.1, 0.15) is 70.7 Å². The molecule has 35 heteroatoms. The van der Waals surface area contributed by atoms with Crippen molar-refractivity contribution in [2.75, 3.05) is 12.8 Å². The Labute approximate surface area is 653 Å². The van der Waals surface area contributed by atoms with Gasteiger partial charge in [0.25, 0.3) is 0 Å². The number of carbonyl (C=O) groups is 3. The molecule has 4 unspecified atom stereocenters.